The zero-order valence-corrected chi connectivity index (χ0v) is 9.25. The van der Waals surface area contributed by atoms with Gasteiger partial charge in [0.05, 0.1) is 0 Å². The minimum atomic E-state index is 0.854. The Morgan fingerprint density at radius 1 is 1.62 bits per heavy atom. The minimum Gasteiger partial charge on any atom is -0.213 e. The van der Waals surface area contributed by atoms with Crippen LogP contribution in [-0.4, -0.2) is 15.1 Å². The second-order valence-electron chi connectivity index (χ2n) is 2.49. The van der Waals surface area contributed by atoms with Crippen molar-refractivity contribution in [2.45, 2.75) is 30.5 Å². The number of terminal acetylenes is 1. The van der Waals surface area contributed by atoms with Gasteiger partial charge in [-0.25, -0.2) is 4.98 Å². The second kappa shape index (κ2) is 6.01. The van der Waals surface area contributed by atoms with Crippen LogP contribution in [0.1, 0.15) is 25.6 Å². The predicted molar refractivity (Wildman–Crippen MR) is 58.1 cm³/mol. The Morgan fingerprint density at radius 2 is 2.46 bits per heavy atom. The van der Waals surface area contributed by atoms with E-state index in [9.17, 15) is 0 Å². The maximum Gasteiger partial charge on any atom is 0.170 e. The van der Waals surface area contributed by atoms with Crippen molar-refractivity contribution in [2.75, 3.05) is 5.75 Å². The van der Waals surface area contributed by atoms with Crippen molar-refractivity contribution in [3.8, 4) is 12.3 Å². The van der Waals surface area contributed by atoms with Gasteiger partial charge in [0.25, 0.3) is 0 Å². The molecule has 0 radical (unpaired) electrons. The van der Waals surface area contributed by atoms with Gasteiger partial charge < -0.3 is 0 Å². The van der Waals surface area contributed by atoms with E-state index >= 15 is 0 Å². The van der Waals surface area contributed by atoms with Gasteiger partial charge in [0.2, 0.25) is 0 Å². The normalized spacial score (nSPS) is 9.85. The molecule has 13 heavy (non-hydrogen) atoms. The number of aromatic nitrogens is 2. The average molecular weight is 212 g/mol. The third kappa shape index (κ3) is 3.79. The molecule has 1 aromatic heterocycles. The molecule has 0 aliphatic heterocycles. The zero-order chi connectivity index (χ0) is 9.52. The number of hydrogen-bond acceptors (Lipinski definition) is 4. The molecule has 0 aliphatic rings. The maximum absolute atomic E-state index is 5.15. The van der Waals surface area contributed by atoms with Crippen LogP contribution in [0.5, 0.6) is 0 Å². The highest BCUT2D eigenvalue weighted by atomic mass is 32.2. The summed E-state index contributed by atoms with van der Waals surface area (Å²) in [6.07, 6.45) is 7.98. The van der Waals surface area contributed by atoms with Gasteiger partial charge in [0.1, 0.15) is 5.82 Å². The van der Waals surface area contributed by atoms with Gasteiger partial charge in [-0.3, -0.25) is 0 Å². The minimum absolute atomic E-state index is 0.854. The van der Waals surface area contributed by atoms with E-state index in [4.69, 9.17) is 6.42 Å². The van der Waals surface area contributed by atoms with E-state index in [2.05, 4.69) is 22.2 Å². The van der Waals surface area contributed by atoms with Crippen molar-refractivity contribution in [1.82, 2.24) is 9.36 Å². The average Bonchev–Trinajstić information content (AvgIpc) is 2.60. The molecule has 0 saturated carbocycles. The summed E-state index contributed by atoms with van der Waals surface area (Å²) in [6.45, 7) is 2.06. The molecule has 1 heterocycles. The highest BCUT2D eigenvalue weighted by Crippen LogP contribution is 2.21. The van der Waals surface area contributed by atoms with E-state index in [1.54, 1.807) is 11.8 Å². The number of thioether (sulfide) groups is 1. The first-order valence-corrected chi connectivity index (χ1v) is 6.01. The Hall–Kier alpha value is -0.530. The van der Waals surface area contributed by atoms with Gasteiger partial charge in [0, 0.05) is 18.6 Å². The van der Waals surface area contributed by atoms with Crippen molar-refractivity contribution in [3.05, 3.63) is 5.82 Å². The molecule has 0 fully saturated rings. The molecule has 1 aromatic rings. The van der Waals surface area contributed by atoms with Gasteiger partial charge in [-0.05, 0) is 18.0 Å². The summed E-state index contributed by atoms with van der Waals surface area (Å²) in [5, 5.41) is 0. The van der Waals surface area contributed by atoms with E-state index in [1.807, 2.05) is 0 Å². The molecule has 2 nitrogen and oxygen atoms in total. The first-order chi connectivity index (χ1) is 6.36. The van der Waals surface area contributed by atoms with Crippen LogP contribution in [0.3, 0.4) is 0 Å². The standard InChI is InChI=1S/C9H12N2S2/c1-3-5-6-7-12-9-10-8(4-2)11-13-9/h1H,4-7H2,2H3. The van der Waals surface area contributed by atoms with E-state index in [0.717, 1.165) is 35.2 Å². The Bertz CT molecular complexity index is 288. The monoisotopic (exact) mass is 212 g/mol. The Kier molecular flexibility index (Phi) is 4.87. The van der Waals surface area contributed by atoms with Crippen molar-refractivity contribution < 1.29 is 0 Å². The molecule has 0 spiro atoms. The molecule has 0 atom stereocenters. The molecule has 0 unspecified atom stereocenters. The molecule has 0 saturated heterocycles. The first kappa shape index (κ1) is 10.6. The van der Waals surface area contributed by atoms with E-state index in [0.29, 0.717) is 0 Å². The van der Waals surface area contributed by atoms with Crippen LogP contribution in [0.15, 0.2) is 4.34 Å². The highest BCUT2D eigenvalue weighted by molar-refractivity contribution is 8.00. The van der Waals surface area contributed by atoms with Crippen LogP contribution in [0.4, 0.5) is 0 Å². The summed E-state index contributed by atoms with van der Waals surface area (Å²) in [5.74, 6) is 4.62. The third-order valence-corrected chi connectivity index (χ3v) is 3.41. The van der Waals surface area contributed by atoms with Crippen LogP contribution in [0, 0.1) is 12.3 Å². The molecule has 0 N–H and O–H groups in total. The summed E-state index contributed by atoms with van der Waals surface area (Å²) in [5.41, 5.74) is 0. The van der Waals surface area contributed by atoms with Crippen LogP contribution in [-0.2, 0) is 6.42 Å². The van der Waals surface area contributed by atoms with Gasteiger partial charge in [-0.15, -0.1) is 12.3 Å². The summed E-state index contributed by atoms with van der Waals surface area (Å²) in [4.78, 5) is 4.35. The summed E-state index contributed by atoms with van der Waals surface area (Å²) in [7, 11) is 0. The lowest BCUT2D eigenvalue weighted by Crippen LogP contribution is -1.82. The maximum atomic E-state index is 5.15. The molecular formula is C9H12N2S2. The number of nitrogens with zero attached hydrogens (tertiary/aromatic N) is 2. The second-order valence-corrected chi connectivity index (χ2v) is 4.58. The van der Waals surface area contributed by atoms with E-state index < -0.39 is 0 Å². The van der Waals surface area contributed by atoms with Crippen LogP contribution >= 0.6 is 23.3 Å². The third-order valence-electron chi connectivity index (χ3n) is 1.46. The Labute approximate surface area is 87.3 Å². The smallest absolute Gasteiger partial charge is 0.170 e. The molecule has 0 aromatic carbocycles. The number of aryl methyl sites for hydroxylation is 1. The molecule has 70 valence electrons. The summed E-state index contributed by atoms with van der Waals surface area (Å²) in [6, 6.07) is 0. The van der Waals surface area contributed by atoms with Crippen molar-refractivity contribution in [1.29, 1.82) is 0 Å². The fourth-order valence-electron chi connectivity index (χ4n) is 0.774. The quantitative estimate of drug-likeness (QED) is 0.426. The number of rotatable bonds is 5. The van der Waals surface area contributed by atoms with Crippen molar-refractivity contribution in [2.24, 2.45) is 0 Å². The molecule has 0 amide bonds. The molecule has 4 heteroatoms. The molecule has 0 aliphatic carbocycles. The highest BCUT2D eigenvalue weighted by Gasteiger charge is 2.01. The van der Waals surface area contributed by atoms with Gasteiger partial charge in [0.15, 0.2) is 4.34 Å². The van der Waals surface area contributed by atoms with Crippen LogP contribution in [0.2, 0.25) is 0 Å². The lowest BCUT2D eigenvalue weighted by atomic mass is 10.4. The lowest BCUT2D eigenvalue weighted by molar-refractivity contribution is 0.965. The fourth-order valence-corrected chi connectivity index (χ4v) is 2.48. The summed E-state index contributed by atoms with van der Waals surface area (Å²) < 4.78 is 5.27. The molecule has 1 rings (SSSR count). The van der Waals surface area contributed by atoms with Gasteiger partial charge in [-0.2, -0.15) is 4.37 Å². The van der Waals surface area contributed by atoms with Crippen molar-refractivity contribution >= 4 is 23.3 Å². The molecular weight excluding hydrogens is 200 g/mol. The van der Waals surface area contributed by atoms with Crippen LogP contribution < -0.4 is 0 Å². The Morgan fingerprint density at radius 3 is 3.08 bits per heavy atom. The first-order valence-electron chi connectivity index (χ1n) is 4.25. The molecule has 0 bridgehead atoms. The van der Waals surface area contributed by atoms with Gasteiger partial charge in [-0.1, -0.05) is 18.7 Å². The number of unbranched alkanes of at least 4 members (excludes halogenated alkanes) is 1. The number of hydrogen-bond donors (Lipinski definition) is 0. The van der Waals surface area contributed by atoms with E-state index in [1.165, 1.54) is 11.5 Å². The SMILES string of the molecule is C#CCCCSc1nc(CC)ns1. The van der Waals surface area contributed by atoms with Crippen LogP contribution in [0.25, 0.3) is 0 Å². The summed E-state index contributed by atoms with van der Waals surface area (Å²) >= 11 is 3.23. The van der Waals surface area contributed by atoms with Crippen molar-refractivity contribution in [3.63, 3.8) is 0 Å². The fraction of sp³-hybridized carbons (Fsp3) is 0.556. The zero-order valence-electron chi connectivity index (χ0n) is 7.62. The lowest BCUT2D eigenvalue weighted by Gasteiger charge is -1.92. The largest absolute Gasteiger partial charge is 0.213 e. The van der Waals surface area contributed by atoms with Gasteiger partial charge >= 0.3 is 0 Å². The van der Waals surface area contributed by atoms with E-state index in [-0.39, 0.29) is 0 Å². The predicted octanol–water partition coefficient (Wildman–Crippen LogP) is 2.61. The Balaban J connectivity index is 2.25. The topological polar surface area (TPSA) is 25.8 Å².